The first-order chi connectivity index (χ1) is 11.3. The van der Waals surface area contributed by atoms with Crippen molar-refractivity contribution in [2.45, 2.75) is 71.1 Å². The quantitative estimate of drug-likeness (QED) is 0.365. The fourth-order valence-electron chi connectivity index (χ4n) is 2.53. The number of ether oxygens (including phenoxy) is 2. The predicted octanol–water partition coefficient (Wildman–Crippen LogP) is 5.31. The number of carbonyl (C=O) groups is 1. The summed E-state index contributed by atoms with van der Waals surface area (Å²) < 4.78 is 10.4. The second-order valence-corrected chi connectivity index (χ2v) is 6.04. The predicted molar refractivity (Wildman–Crippen MR) is 94.9 cm³/mol. The molecule has 0 radical (unpaired) electrons. The van der Waals surface area contributed by atoms with Crippen LogP contribution in [0.3, 0.4) is 0 Å². The van der Waals surface area contributed by atoms with Crippen LogP contribution in [0.5, 0.6) is 5.75 Å². The first kappa shape index (κ1) is 19.5. The molecule has 0 amide bonds. The molecule has 0 atom stereocenters. The van der Waals surface area contributed by atoms with Crippen LogP contribution in [-0.4, -0.2) is 19.7 Å². The molecule has 23 heavy (non-hydrogen) atoms. The first-order valence-corrected chi connectivity index (χ1v) is 9.04. The highest BCUT2D eigenvalue weighted by atomic mass is 16.5. The van der Waals surface area contributed by atoms with Gasteiger partial charge in [-0.3, -0.25) is 4.79 Å². The van der Waals surface area contributed by atoms with Crippen molar-refractivity contribution in [1.82, 2.24) is 0 Å². The topological polar surface area (TPSA) is 35.5 Å². The van der Waals surface area contributed by atoms with E-state index in [0.29, 0.717) is 12.8 Å². The van der Waals surface area contributed by atoms with E-state index in [-0.39, 0.29) is 5.97 Å². The standard InChI is InChI=1S/C20H32O3/c1-3-4-5-6-7-8-9-10-17-23-19-14-11-18(12-15-19)13-16-20(21)22-2/h11-12,14-15H,3-10,13,16-17H2,1-2H3. The first-order valence-electron chi connectivity index (χ1n) is 9.04. The highest BCUT2D eigenvalue weighted by Gasteiger charge is 2.02. The van der Waals surface area contributed by atoms with Gasteiger partial charge in [-0.05, 0) is 30.5 Å². The van der Waals surface area contributed by atoms with Crippen LogP contribution in [0.2, 0.25) is 0 Å². The molecule has 1 rings (SSSR count). The summed E-state index contributed by atoms with van der Waals surface area (Å²) in [6, 6.07) is 8.01. The van der Waals surface area contributed by atoms with Gasteiger partial charge in [0.1, 0.15) is 5.75 Å². The molecule has 3 heteroatoms. The Hall–Kier alpha value is -1.51. The van der Waals surface area contributed by atoms with E-state index in [9.17, 15) is 4.79 Å². The fourth-order valence-corrected chi connectivity index (χ4v) is 2.53. The molecular formula is C20H32O3. The Kier molecular flexibility index (Phi) is 11.0. The molecule has 0 heterocycles. The Morgan fingerprint density at radius 2 is 1.52 bits per heavy atom. The molecule has 3 nitrogen and oxygen atoms in total. The number of hydrogen-bond acceptors (Lipinski definition) is 3. The van der Waals surface area contributed by atoms with Gasteiger partial charge in [-0.1, -0.05) is 64.0 Å². The normalized spacial score (nSPS) is 10.5. The third kappa shape index (κ3) is 9.98. The third-order valence-electron chi connectivity index (χ3n) is 4.04. The number of aryl methyl sites for hydroxylation is 1. The van der Waals surface area contributed by atoms with E-state index in [0.717, 1.165) is 24.3 Å². The largest absolute Gasteiger partial charge is 0.494 e. The van der Waals surface area contributed by atoms with Gasteiger partial charge in [0.25, 0.3) is 0 Å². The minimum Gasteiger partial charge on any atom is -0.494 e. The van der Waals surface area contributed by atoms with Crippen LogP contribution < -0.4 is 4.74 Å². The second kappa shape index (κ2) is 13.0. The minimum atomic E-state index is -0.167. The molecule has 0 unspecified atom stereocenters. The molecule has 0 fully saturated rings. The zero-order chi connectivity index (χ0) is 16.8. The lowest BCUT2D eigenvalue weighted by Crippen LogP contribution is -2.02. The summed E-state index contributed by atoms with van der Waals surface area (Å²) >= 11 is 0. The Balaban J connectivity index is 2.06. The number of benzene rings is 1. The van der Waals surface area contributed by atoms with E-state index in [1.165, 1.54) is 52.1 Å². The summed E-state index contributed by atoms with van der Waals surface area (Å²) in [6.45, 7) is 3.04. The summed E-state index contributed by atoms with van der Waals surface area (Å²) in [5.41, 5.74) is 1.13. The average molecular weight is 320 g/mol. The molecule has 0 aliphatic heterocycles. The molecule has 1 aromatic rings. The minimum absolute atomic E-state index is 0.167. The summed E-state index contributed by atoms with van der Waals surface area (Å²) in [6.07, 6.45) is 11.6. The Morgan fingerprint density at radius 1 is 0.913 bits per heavy atom. The molecule has 0 N–H and O–H groups in total. The van der Waals surface area contributed by atoms with Crippen molar-refractivity contribution in [3.63, 3.8) is 0 Å². The number of rotatable bonds is 13. The highest BCUT2D eigenvalue weighted by molar-refractivity contribution is 5.69. The van der Waals surface area contributed by atoms with E-state index in [1.807, 2.05) is 24.3 Å². The lowest BCUT2D eigenvalue weighted by atomic mass is 10.1. The Bertz CT molecular complexity index is 411. The Morgan fingerprint density at radius 3 is 2.13 bits per heavy atom. The van der Waals surface area contributed by atoms with Gasteiger partial charge in [0.2, 0.25) is 0 Å². The van der Waals surface area contributed by atoms with Gasteiger partial charge < -0.3 is 9.47 Å². The van der Waals surface area contributed by atoms with Gasteiger partial charge in [0.05, 0.1) is 13.7 Å². The van der Waals surface area contributed by atoms with E-state index in [4.69, 9.17) is 4.74 Å². The number of methoxy groups -OCH3 is 1. The van der Waals surface area contributed by atoms with Crippen molar-refractivity contribution in [3.8, 4) is 5.75 Å². The zero-order valence-electron chi connectivity index (χ0n) is 14.8. The van der Waals surface area contributed by atoms with Crippen LogP contribution in [0.15, 0.2) is 24.3 Å². The third-order valence-corrected chi connectivity index (χ3v) is 4.04. The summed E-state index contributed by atoms with van der Waals surface area (Å²) in [5, 5.41) is 0. The summed E-state index contributed by atoms with van der Waals surface area (Å²) in [7, 11) is 1.42. The lowest BCUT2D eigenvalue weighted by Gasteiger charge is -2.07. The van der Waals surface area contributed by atoms with Crippen LogP contribution in [-0.2, 0) is 16.0 Å². The van der Waals surface area contributed by atoms with Crippen molar-refractivity contribution in [2.24, 2.45) is 0 Å². The van der Waals surface area contributed by atoms with Crippen LogP contribution in [0, 0.1) is 0 Å². The molecular weight excluding hydrogens is 288 g/mol. The molecule has 1 aromatic carbocycles. The number of carbonyl (C=O) groups excluding carboxylic acids is 1. The molecule has 0 saturated carbocycles. The van der Waals surface area contributed by atoms with Crippen molar-refractivity contribution in [2.75, 3.05) is 13.7 Å². The number of unbranched alkanes of at least 4 members (excludes halogenated alkanes) is 7. The van der Waals surface area contributed by atoms with Crippen LogP contribution in [0.25, 0.3) is 0 Å². The average Bonchev–Trinajstić information content (AvgIpc) is 2.59. The maximum atomic E-state index is 11.1. The van der Waals surface area contributed by atoms with E-state index < -0.39 is 0 Å². The second-order valence-electron chi connectivity index (χ2n) is 6.04. The molecule has 0 bridgehead atoms. The maximum Gasteiger partial charge on any atom is 0.305 e. The van der Waals surface area contributed by atoms with Gasteiger partial charge >= 0.3 is 5.97 Å². The molecule has 0 spiro atoms. The summed E-state index contributed by atoms with van der Waals surface area (Å²) in [5.74, 6) is 0.745. The van der Waals surface area contributed by atoms with E-state index in [2.05, 4.69) is 11.7 Å². The van der Waals surface area contributed by atoms with Gasteiger partial charge in [-0.15, -0.1) is 0 Å². The lowest BCUT2D eigenvalue weighted by molar-refractivity contribution is -0.140. The monoisotopic (exact) mass is 320 g/mol. The molecule has 0 aliphatic carbocycles. The zero-order valence-corrected chi connectivity index (χ0v) is 14.8. The van der Waals surface area contributed by atoms with Crippen LogP contribution >= 0.6 is 0 Å². The Labute approximate surface area is 141 Å². The van der Waals surface area contributed by atoms with Crippen molar-refractivity contribution >= 4 is 5.97 Å². The molecule has 0 aliphatic rings. The number of esters is 1. The van der Waals surface area contributed by atoms with Crippen LogP contribution in [0.4, 0.5) is 0 Å². The van der Waals surface area contributed by atoms with Gasteiger partial charge in [-0.25, -0.2) is 0 Å². The van der Waals surface area contributed by atoms with Gasteiger partial charge in [0.15, 0.2) is 0 Å². The van der Waals surface area contributed by atoms with Crippen molar-refractivity contribution in [3.05, 3.63) is 29.8 Å². The van der Waals surface area contributed by atoms with Crippen molar-refractivity contribution in [1.29, 1.82) is 0 Å². The molecule has 0 aromatic heterocycles. The molecule has 130 valence electrons. The highest BCUT2D eigenvalue weighted by Crippen LogP contribution is 2.15. The SMILES string of the molecule is CCCCCCCCCCOc1ccc(CCC(=O)OC)cc1. The smallest absolute Gasteiger partial charge is 0.305 e. The fraction of sp³-hybridized carbons (Fsp3) is 0.650. The summed E-state index contributed by atoms with van der Waals surface area (Å²) in [4.78, 5) is 11.1. The van der Waals surface area contributed by atoms with Gasteiger partial charge in [-0.2, -0.15) is 0 Å². The van der Waals surface area contributed by atoms with E-state index >= 15 is 0 Å². The molecule has 0 saturated heterocycles. The van der Waals surface area contributed by atoms with Gasteiger partial charge in [0, 0.05) is 6.42 Å². The number of hydrogen-bond donors (Lipinski definition) is 0. The van der Waals surface area contributed by atoms with E-state index in [1.54, 1.807) is 0 Å². The van der Waals surface area contributed by atoms with Crippen LogP contribution in [0.1, 0.15) is 70.3 Å². The maximum absolute atomic E-state index is 11.1. The van der Waals surface area contributed by atoms with Crippen molar-refractivity contribution < 1.29 is 14.3 Å².